The molecule has 0 spiro atoms. The molecule has 0 saturated carbocycles. The molecule has 0 bridgehead atoms. The van der Waals surface area contributed by atoms with E-state index in [0.717, 1.165) is 45.9 Å². The van der Waals surface area contributed by atoms with Gasteiger partial charge < -0.3 is 14.5 Å². The topological polar surface area (TPSA) is 36.3 Å². The van der Waals surface area contributed by atoms with Crippen LogP contribution >= 0.6 is 0 Å². The molecule has 2 unspecified atom stereocenters. The summed E-state index contributed by atoms with van der Waals surface area (Å²) in [4.78, 5) is 5.44. The Morgan fingerprint density at radius 2 is 1.24 bits per heavy atom. The molecule has 13 rings (SSSR count). The third-order valence-electron chi connectivity index (χ3n) is 13.2. The smallest absolute Gasteiger partial charge is 0.0623 e. The summed E-state index contributed by atoms with van der Waals surface area (Å²) >= 11 is 0. The number of para-hydroxylation sites is 2. The van der Waals surface area contributed by atoms with Crippen LogP contribution in [0.25, 0.3) is 88.3 Å². The quantitative estimate of drug-likeness (QED) is 0.166. The van der Waals surface area contributed by atoms with Gasteiger partial charge in [-0.05, 0) is 99.3 Å². The predicted molar refractivity (Wildman–Crippen MR) is 260 cm³/mol. The molecule has 10 aromatic rings. The Kier molecular flexibility index (Phi) is 7.76. The fraction of sp³-hybridized carbons (Fsp3) is 0.0517. The van der Waals surface area contributed by atoms with Gasteiger partial charge in [-0.25, -0.2) is 0 Å². The van der Waals surface area contributed by atoms with Gasteiger partial charge in [-0.2, -0.15) is 0 Å². The van der Waals surface area contributed by atoms with E-state index in [1.54, 1.807) is 0 Å². The molecule has 1 aliphatic heterocycles. The largest absolute Gasteiger partial charge is 0.659 e. The standard InChI is InChI=1S/C58H39N4/c1-2-16-44(17-3-1)61-52-21-11-10-20-48(52)49-35-43(28-31-53(49)61)51-36-50(42-23-22-37-12-4-5-15-41(37)34-42)59-58(60-51)40-24-29-45(30-25-40)62-54-32-26-38-13-6-8-18-46(38)56(54)57-47-19-9-7-14-39(47)27-33-55(57)62/h1-26,28-36,39,58H,27H2/q-1. The second-order valence-corrected chi connectivity index (χ2v) is 16.6. The summed E-state index contributed by atoms with van der Waals surface area (Å²) in [6.45, 7) is 0. The maximum absolute atomic E-state index is 5.44. The lowest BCUT2D eigenvalue weighted by Crippen LogP contribution is -2.35. The molecular weight excluding hydrogens is 753 g/mol. The monoisotopic (exact) mass is 791 g/mol. The van der Waals surface area contributed by atoms with E-state index in [1.807, 2.05) is 0 Å². The van der Waals surface area contributed by atoms with Crippen molar-refractivity contribution >= 4 is 77.3 Å². The lowest BCUT2D eigenvalue weighted by molar-refractivity contribution is 0.853. The fourth-order valence-electron chi connectivity index (χ4n) is 10.2. The third kappa shape index (κ3) is 5.43. The summed E-state index contributed by atoms with van der Waals surface area (Å²) < 4.78 is 4.82. The Morgan fingerprint density at radius 1 is 0.532 bits per heavy atom. The Balaban J connectivity index is 0.957. The van der Waals surface area contributed by atoms with E-state index in [4.69, 9.17) is 10.3 Å². The predicted octanol–water partition coefficient (Wildman–Crippen LogP) is 13.0. The highest BCUT2D eigenvalue weighted by molar-refractivity contribution is 6.18. The molecule has 292 valence electrons. The van der Waals surface area contributed by atoms with Crippen LogP contribution in [0.1, 0.15) is 29.3 Å². The van der Waals surface area contributed by atoms with Gasteiger partial charge in [0.2, 0.25) is 0 Å². The van der Waals surface area contributed by atoms with Crippen molar-refractivity contribution in [1.29, 1.82) is 0 Å². The first-order valence-electron chi connectivity index (χ1n) is 21.5. The summed E-state index contributed by atoms with van der Waals surface area (Å²) in [5.41, 5.74) is 12.3. The zero-order valence-corrected chi connectivity index (χ0v) is 33.9. The molecule has 3 heterocycles. The number of rotatable bonds is 5. The minimum Gasteiger partial charge on any atom is -0.659 e. The Morgan fingerprint density at radius 3 is 2.13 bits per heavy atom. The molecule has 0 fully saturated rings. The normalized spacial score (nSPS) is 16.9. The second-order valence-electron chi connectivity index (χ2n) is 16.6. The highest BCUT2D eigenvalue weighted by Gasteiger charge is 2.23. The number of fused-ring (bicyclic) bond motifs is 10. The van der Waals surface area contributed by atoms with Crippen LogP contribution in [0, 0.1) is 5.92 Å². The Labute approximate surface area is 358 Å². The van der Waals surface area contributed by atoms with Gasteiger partial charge in [-0.15, -0.1) is 5.70 Å². The minimum absolute atomic E-state index is 0.390. The number of nitrogens with zero attached hydrogens (tertiary/aromatic N) is 4. The fourth-order valence-corrected chi connectivity index (χ4v) is 10.2. The Hall–Kier alpha value is -7.95. The third-order valence-corrected chi connectivity index (χ3v) is 13.2. The minimum atomic E-state index is -0.423. The zero-order chi connectivity index (χ0) is 40.7. The van der Waals surface area contributed by atoms with Gasteiger partial charge >= 0.3 is 0 Å². The zero-order valence-electron chi connectivity index (χ0n) is 33.9. The van der Waals surface area contributed by atoms with E-state index >= 15 is 0 Å². The molecule has 4 heteroatoms. The van der Waals surface area contributed by atoms with Gasteiger partial charge in [0.1, 0.15) is 0 Å². The van der Waals surface area contributed by atoms with Crippen molar-refractivity contribution < 1.29 is 0 Å². The summed E-state index contributed by atoms with van der Waals surface area (Å²) in [6, 6.07) is 63.6. The van der Waals surface area contributed by atoms with Crippen molar-refractivity contribution in [2.24, 2.45) is 10.9 Å². The van der Waals surface area contributed by atoms with Crippen LogP contribution in [0.5, 0.6) is 0 Å². The first-order chi connectivity index (χ1) is 30.7. The van der Waals surface area contributed by atoms with Crippen LogP contribution in [0.3, 0.4) is 0 Å². The summed E-state index contributed by atoms with van der Waals surface area (Å²) in [5.74, 6) is 0.390. The van der Waals surface area contributed by atoms with Crippen LogP contribution in [-0.2, 0) is 0 Å². The van der Waals surface area contributed by atoms with Gasteiger partial charge in [-0.3, -0.25) is 4.99 Å². The first-order valence-corrected chi connectivity index (χ1v) is 21.5. The van der Waals surface area contributed by atoms with E-state index in [1.165, 1.54) is 70.4 Å². The van der Waals surface area contributed by atoms with E-state index < -0.39 is 6.17 Å². The van der Waals surface area contributed by atoms with Crippen molar-refractivity contribution in [1.82, 2.24) is 9.13 Å². The molecule has 2 atom stereocenters. The van der Waals surface area contributed by atoms with Crippen LogP contribution < -0.4 is 10.6 Å². The van der Waals surface area contributed by atoms with Gasteiger partial charge in [-0.1, -0.05) is 158 Å². The molecule has 8 aromatic carbocycles. The average Bonchev–Trinajstić information content (AvgIpc) is 3.87. The molecule has 2 aliphatic carbocycles. The summed E-state index contributed by atoms with van der Waals surface area (Å²) in [5, 5.41) is 16.7. The molecule has 4 nitrogen and oxygen atoms in total. The molecule has 62 heavy (non-hydrogen) atoms. The maximum atomic E-state index is 5.44. The van der Waals surface area contributed by atoms with Crippen molar-refractivity contribution in [2.45, 2.75) is 12.6 Å². The number of allylic oxidation sites excluding steroid dienone is 5. The highest BCUT2D eigenvalue weighted by Crippen LogP contribution is 2.40. The van der Waals surface area contributed by atoms with Crippen molar-refractivity contribution in [3.05, 3.63) is 239 Å². The molecular formula is C58H39N4-. The van der Waals surface area contributed by atoms with Gasteiger partial charge in [0.25, 0.3) is 0 Å². The first kappa shape index (κ1) is 34.9. The number of aromatic nitrogens is 2. The lowest BCUT2D eigenvalue weighted by atomic mass is 9.86. The molecule has 2 aromatic heterocycles. The van der Waals surface area contributed by atoms with Gasteiger partial charge in [0.05, 0.1) is 27.6 Å². The summed E-state index contributed by atoms with van der Waals surface area (Å²) in [7, 11) is 0. The molecule has 0 saturated heterocycles. The number of hydrogen-bond donors (Lipinski definition) is 0. The molecule has 0 N–H and O–H groups in total. The molecule has 0 amide bonds. The van der Waals surface area contributed by atoms with Crippen LogP contribution in [0.15, 0.2) is 211 Å². The lowest BCUT2D eigenvalue weighted by Gasteiger charge is -2.37. The summed E-state index contributed by atoms with van der Waals surface area (Å²) in [6.07, 6.45) is 14.2. The average molecular weight is 792 g/mol. The van der Waals surface area contributed by atoms with Crippen molar-refractivity contribution in [2.75, 3.05) is 0 Å². The highest BCUT2D eigenvalue weighted by atomic mass is 15.1. The maximum Gasteiger partial charge on any atom is 0.0623 e. The number of benzene rings is 8. The van der Waals surface area contributed by atoms with Crippen LogP contribution in [0.4, 0.5) is 0 Å². The molecule has 0 radical (unpaired) electrons. The van der Waals surface area contributed by atoms with Gasteiger partial charge in [0.15, 0.2) is 0 Å². The number of hydrogen-bond acceptors (Lipinski definition) is 1. The van der Waals surface area contributed by atoms with E-state index in [-0.39, 0.29) is 0 Å². The van der Waals surface area contributed by atoms with Crippen LogP contribution in [0.2, 0.25) is 0 Å². The second kappa shape index (κ2) is 13.8. The SMILES string of the molecule is C1=CC2=c3c(n(-c4ccc(C5N=C(c6ccc7c(c6)c6ccccc6n7-c6ccccc6)C=C(c6ccc7ccccc7c6)[N-]5)cc4)c4ccc5ccccc5c34)=CCC2C=C1. The van der Waals surface area contributed by atoms with Crippen molar-refractivity contribution in [3.63, 3.8) is 0 Å². The Bertz CT molecular complexity index is 3740. The van der Waals surface area contributed by atoms with E-state index in [0.29, 0.717) is 5.92 Å². The van der Waals surface area contributed by atoms with E-state index in [9.17, 15) is 0 Å². The van der Waals surface area contributed by atoms with E-state index in [2.05, 4.69) is 222 Å². The van der Waals surface area contributed by atoms with Crippen LogP contribution in [-0.4, -0.2) is 14.8 Å². The van der Waals surface area contributed by atoms with Crippen molar-refractivity contribution in [3.8, 4) is 11.4 Å². The number of aliphatic imine (C=N–C) groups is 1. The van der Waals surface area contributed by atoms with Gasteiger partial charge in [0, 0.05) is 50.4 Å². The molecule has 3 aliphatic rings.